The summed E-state index contributed by atoms with van der Waals surface area (Å²) in [7, 11) is 0. The quantitative estimate of drug-likeness (QED) is 0.869. The van der Waals surface area contributed by atoms with Gasteiger partial charge in [0.25, 0.3) is 0 Å². The van der Waals surface area contributed by atoms with Crippen molar-refractivity contribution in [1.29, 1.82) is 0 Å². The third-order valence-electron chi connectivity index (χ3n) is 3.95. The number of benzene rings is 1. The van der Waals surface area contributed by atoms with Gasteiger partial charge in [0.15, 0.2) is 0 Å². The van der Waals surface area contributed by atoms with Crippen molar-refractivity contribution in [2.75, 3.05) is 13.1 Å². The normalized spacial score (nSPS) is 23.9. The zero-order valence-corrected chi connectivity index (χ0v) is 13.0. The van der Waals surface area contributed by atoms with Crippen molar-refractivity contribution in [2.24, 2.45) is 5.92 Å². The molecule has 0 aromatic heterocycles. The van der Waals surface area contributed by atoms with Gasteiger partial charge >= 0.3 is 0 Å². The van der Waals surface area contributed by atoms with Gasteiger partial charge in [0, 0.05) is 19.6 Å². The average Bonchev–Trinajstić information content (AvgIpc) is 2.58. The van der Waals surface area contributed by atoms with Crippen molar-refractivity contribution in [3.63, 3.8) is 0 Å². The molecular formula is C17H26N2O2. The van der Waals surface area contributed by atoms with Gasteiger partial charge in [-0.05, 0) is 24.3 Å². The fraction of sp³-hybridized carbons (Fsp3) is 0.588. The summed E-state index contributed by atoms with van der Waals surface area (Å²) in [5.41, 5.74) is 1.17. The fourth-order valence-electron chi connectivity index (χ4n) is 2.76. The van der Waals surface area contributed by atoms with Gasteiger partial charge < -0.3 is 10.4 Å². The number of nitrogens with one attached hydrogen (secondary N) is 1. The van der Waals surface area contributed by atoms with E-state index < -0.39 is 6.10 Å². The molecule has 1 heterocycles. The Hall–Kier alpha value is -1.39. The number of aliphatic hydroxyl groups excluding tert-OH is 1. The van der Waals surface area contributed by atoms with E-state index in [1.54, 1.807) is 0 Å². The predicted octanol–water partition coefficient (Wildman–Crippen LogP) is 1.78. The highest BCUT2D eigenvalue weighted by Gasteiger charge is 2.30. The minimum atomic E-state index is -0.498. The van der Waals surface area contributed by atoms with Gasteiger partial charge in [-0.1, -0.05) is 44.2 Å². The van der Waals surface area contributed by atoms with Crippen LogP contribution in [0, 0.1) is 5.92 Å². The van der Waals surface area contributed by atoms with E-state index in [2.05, 4.69) is 36.2 Å². The van der Waals surface area contributed by atoms with Crippen LogP contribution in [-0.4, -0.2) is 41.1 Å². The molecule has 4 nitrogen and oxygen atoms in total. The number of nitrogens with zero attached hydrogens (tertiary/aromatic N) is 1. The number of carbonyl (C=O) groups excluding carboxylic acids is 1. The molecule has 1 aliphatic rings. The highest BCUT2D eigenvalue weighted by Crippen LogP contribution is 2.18. The average molecular weight is 290 g/mol. The van der Waals surface area contributed by atoms with Gasteiger partial charge in [0.1, 0.15) is 0 Å². The molecule has 0 saturated carbocycles. The lowest BCUT2D eigenvalue weighted by Gasteiger charge is -2.29. The van der Waals surface area contributed by atoms with E-state index in [1.165, 1.54) is 5.56 Å². The molecule has 1 aliphatic heterocycles. The van der Waals surface area contributed by atoms with Crippen LogP contribution in [-0.2, 0) is 11.3 Å². The van der Waals surface area contributed by atoms with E-state index in [0.29, 0.717) is 25.6 Å². The molecule has 2 N–H and O–H groups in total. The standard InChI is InChI=1S/C17H26N2O2/c1-13(2)8-9-16-17(21)18-10-15(20)12-19(16)11-14-6-4-3-5-7-14/h3-7,13,15-16,20H,8-12H2,1-2H3,(H,18,21)/t15-,16+/m1/s1. The Morgan fingerprint density at radius 1 is 1.33 bits per heavy atom. The molecule has 2 rings (SSSR count). The molecule has 21 heavy (non-hydrogen) atoms. The van der Waals surface area contributed by atoms with Crippen LogP contribution in [0.3, 0.4) is 0 Å². The lowest BCUT2D eigenvalue weighted by Crippen LogP contribution is -2.44. The molecule has 1 amide bonds. The minimum Gasteiger partial charge on any atom is -0.390 e. The highest BCUT2D eigenvalue weighted by molar-refractivity contribution is 5.82. The first-order valence-electron chi connectivity index (χ1n) is 7.80. The van der Waals surface area contributed by atoms with Crippen LogP contribution in [0.1, 0.15) is 32.3 Å². The summed E-state index contributed by atoms with van der Waals surface area (Å²) in [5.74, 6) is 0.618. The number of carbonyl (C=O) groups is 1. The SMILES string of the molecule is CC(C)CC[C@H]1C(=O)NC[C@@H](O)CN1Cc1ccccc1. The van der Waals surface area contributed by atoms with Crippen LogP contribution in [0.25, 0.3) is 0 Å². The van der Waals surface area contributed by atoms with Gasteiger partial charge in [0.2, 0.25) is 5.91 Å². The molecule has 116 valence electrons. The topological polar surface area (TPSA) is 52.6 Å². The van der Waals surface area contributed by atoms with E-state index in [0.717, 1.165) is 12.8 Å². The first kappa shape index (κ1) is 16.0. The van der Waals surface area contributed by atoms with Crippen LogP contribution in [0.15, 0.2) is 30.3 Å². The van der Waals surface area contributed by atoms with Crippen molar-refractivity contribution in [1.82, 2.24) is 10.2 Å². The highest BCUT2D eigenvalue weighted by atomic mass is 16.3. The summed E-state index contributed by atoms with van der Waals surface area (Å²) in [6, 6.07) is 9.98. The maximum absolute atomic E-state index is 12.3. The van der Waals surface area contributed by atoms with Crippen molar-refractivity contribution in [2.45, 2.75) is 45.4 Å². The van der Waals surface area contributed by atoms with Crippen molar-refractivity contribution < 1.29 is 9.90 Å². The molecule has 4 heteroatoms. The fourth-order valence-corrected chi connectivity index (χ4v) is 2.76. The van der Waals surface area contributed by atoms with Crippen molar-refractivity contribution in [3.05, 3.63) is 35.9 Å². The van der Waals surface area contributed by atoms with Gasteiger partial charge in [-0.3, -0.25) is 9.69 Å². The number of β-amino-alcohol motifs (C(OH)–C–C–N with tert-alkyl or cyclic N) is 1. The summed E-state index contributed by atoms with van der Waals surface area (Å²) in [5, 5.41) is 12.8. The van der Waals surface area contributed by atoms with Crippen LogP contribution in [0.4, 0.5) is 0 Å². The van der Waals surface area contributed by atoms with Crippen molar-refractivity contribution in [3.8, 4) is 0 Å². The summed E-state index contributed by atoms with van der Waals surface area (Å²) >= 11 is 0. The predicted molar refractivity (Wildman–Crippen MR) is 83.7 cm³/mol. The van der Waals surface area contributed by atoms with E-state index >= 15 is 0 Å². The zero-order valence-electron chi connectivity index (χ0n) is 13.0. The molecule has 0 unspecified atom stereocenters. The molecule has 1 aromatic rings. The summed E-state index contributed by atoms with van der Waals surface area (Å²) in [4.78, 5) is 14.4. The first-order chi connectivity index (χ1) is 10.1. The Morgan fingerprint density at radius 3 is 2.71 bits per heavy atom. The maximum Gasteiger partial charge on any atom is 0.237 e. The molecule has 0 bridgehead atoms. The number of rotatable bonds is 5. The Labute approximate surface area is 127 Å². The van der Waals surface area contributed by atoms with E-state index in [9.17, 15) is 9.90 Å². The summed E-state index contributed by atoms with van der Waals surface area (Å²) in [6.45, 7) is 5.93. The molecule has 0 aliphatic carbocycles. The monoisotopic (exact) mass is 290 g/mol. The molecule has 2 atom stereocenters. The molecule has 1 saturated heterocycles. The number of hydrogen-bond acceptors (Lipinski definition) is 3. The van der Waals surface area contributed by atoms with E-state index in [-0.39, 0.29) is 11.9 Å². The lowest BCUT2D eigenvalue weighted by atomic mass is 10.0. The van der Waals surface area contributed by atoms with E-state index in [1.807, 2.05) is 18.2 Å². The zero-order chi connectivity index (χ0) is 15.2. The molecule has 1 fully saturated rings. The lowest BCUT2D eigenvalue weighted by molar-refractivity contribution is -0.126. The second-order valence-corrected chi connectivity index (χ2v) is 6.30. The Bertz CT molecular complexity index is 447. The smallest absolute Gasteiger partial charge is 0.237 e. The number of amides is 1. The molecule has 0 radical (unpaired) electrons. The number of aliphatic hydroxyl groups is 1. The van der Waals surface area contributed by atoms with Crippen LogP contribution < -0.4 is 5.32 Å². The summed E-state index contributed by atoms with van der Waals surface area (Å²) in [6.07, 6.45) is 1.35. The summed E-state index contributed by atoms with van der Waals surface area (Å²) < 4.78 is 0. The van der Waals surface area contributed by atoms with Crippen LogP contribution >= 0.6 is 0 Å². The third-order valence-corrected chi connectivity index (χ3v) is 3.95. The first-order valence-corrected chi connectivity index (χ1v) is 7.80. The Balaban J connectivity index is 2.11. The van der Waals surface area contributed by atoms with Gasteiger partial charge in [-0.15, -0.1) is 0 Å². The molecular weight excluding hydrogens is 264 g/mol. The van der Waals surface area contributed by atoms with Crippen molar-refractivity contribution >= 4 is 5.91 Å². The minimum absolute atomic E-state index is 0.0446. The van der Waals surface area contributed by atoms with E-state index in [4.69, 9.17) is 0 Å². The largest absolute Gasteiger partial charge is 0.390 e. The molecule has 0 spiro atoms. The molecule has 1 aromatic carbocycles. The van der Waals surface area contributed by atoms with Gasteiger partial charge in [0.05, 0.1) is 12.1 Å². The number of hydrogen-bond donors (Lipinski definition) is 2. The van der Waals surface area contributed by atoms with Crippen LogP contribution in [0.2, 0.25) is 0 Å². The maximum atomic E-state index is 12.3. The second kappa shape index (κ2) is 7.57. The second-order valence-electron chi connectivity index (χ2n) is 6.30. The van der Waals surface area contributed by atoms with Gasteiger partial charge in [-0.2, -0.15) is 0 Å². The third kappa shape index (κ3) is 4.83. The Morgan fingerprint density at radius 2 is 2.05 bits per heavy atom. The van der Waals surface area contributed by atoms with Crippen LogP contribution in [0.5, 0.6) is 0 Å². The van der Waals surface area contributed by atoms with Gasteiger partial charge in [-0.25, -0.2) is 0 Å². The Kier molecular flexibility index (Phi) is 5.76.